The van der Waals surface area contributed by atoms with Crippen LogP contribution < -0.4 is 5.73 Å². The van der Waals surface area contributed by atoms with E-state index in [2.05, 4.69) is 42.1 Å². The number of hydrogen-bond donors (Lipinski definition) is 1. The molecular weight excluding hydrogens is 224 g/mol. The first-order chi connectivity index (χ1) is 8.23. The molecule has 0 aliphatic rings. The van der Waals surface area contributed by atoms with Crippen molar-refractivity contribution >= 4 is 0 Å². The number of aromatic nitrogens is 2. The normalized spacial score (nSPS) is 13.0. The lowest BCUT2D eigenvalue weighted by molar-refractivity contribution is 0.167. The molecule has 0 fully saturated rings. The van der Waals surface area contributed by atoms with Crippen LogP contribution in [0.1, 0.15) is 47.2 Å². The van der Waals surface area contributed by atoms with E-state index in [1.165, 1.54) is 0 Å². The van der Waals surface area contributed by atoms with Gasteiger partial charge in [0.15, 0.2) is 0 Å². The SMILES string of the molecule is CC(C)N(CCn1cncc1C(C)(C)N)C(C)C. The molecule has 2 N–H and O–H groups in total. The summed E-state index contributed by atoms with van der Waals surface area (Å²) in [6, 6.07) is 1.12. The number of nitrogens with two attached hydrogens (primary N) is 1. The molecule has 1 heterocycles. The highest BCUT2D eigenvalue weighted by atomic mass is 15.2. The fourth-order valence-electron chi connectivity index (χ4n) is 2.37. The van der Waals surface area contributed by atoms with Crippen LogP contribution in [0.3, 0.4) is 0 Å². The summed E-state index contributed by atoms with van der Waals surface area (Å²) in [6.07, 6.45) is 3.75. The van der Waals surface area contributed by atoms with Gasteiger partial charge in [-0.1, -0.05) is 0 Å². The van der Waals surface area contributed by atoms with Crippen LogP contribution in [0.25, 0.3) is 0 Å². The van der Waals surface area contributed by atoms with E-state index < -0.39 is 0 Å². The lowest BCUT2D eigenvalue weighted by Crippen LogP contribution is -2.40. The van der Waals surface area contributed by atoms with Crippen LogP contribution in [0.4, 0.5) is 0 Å². The van der Waals surface area contributed by atoms with Crippen molar-refractivity contribution in [1.29, 1.82) is 0 Å². The number of imidazole rings is 1. The Balaban J connectivity index is 2.72. The lowest BCUT2D eigenvalue weighted by atomic mass is 10.0. The average molecular weight is 252 g/mol. The molecule has 0 radical (unpaired) electrons. The Hall–Kier alpha value is -0.870. The van der Waals surface area contributed by atoms with Crippen LogP contribution in [0.15, 0.2) is 12.5 Å². The van der Waals surface area contributed by atoms with Crippen LogP contribution in [0.2, 0.25) is 0 Å². The van der Waals surface area contributed by atoms with Gasteiger partial charge < -0.3 is 10.3 Å². The van der Waals surface area contributed by atoms with E-state index in [-0.39, 0.29) is 5.54 Å². The summed E-state index contributed by atoms with van der Waals surface area (Å²) in [5.74, 6) is 0. The molecule has 0 aliphatic heterocycles. The Kier molecular flexibility index (Phi) is 4.93. The summed E-state index contributed by atoms with van der Waals surface area (Å²) in [6.45, 7) is 14.9. The second kappa shape index (κ2) is 5.85. The van der Waals surface area contributed by atoms with Gasteiger partial charge in [0.25, 0.3) is 0 Å². The first kappa shape index (κ1) is 15.2. The highest BCUT2D eigenvalue weighted by molar-refractivity contribution is 5.09. The maximum atomic E-state index is 6.15. The van der Waals surface area contributed by atoms with E-state index >= 15 is 0 Å². The number of rotatable bonds is 6. The van der Waals surface area contributed by atoms with Gasteiger partial charge in [-0.15, -0.1) is 0 Å². The summed E-state index contributed by atoms with van der Waals surface area (Å²) in [7, 11) is 0. The Morgan fingerprint density at radius 2 is 1.83 bits per heavy atom. The van der Waals surface area contributed by atoms with Gasteiger partial charge in [-0.3, -0.25) is 4.90 Å². The highest BCUT2D eigenvalue weighted by Crippen LogP contribution is 2.16. The molecule has 0 atom stereocenters. The van der Waals surface area contributed by atoms with Crippen molar-refractivity contribution in [3.05, 3.63) is 18.2 Å². The minimum Gasteiger partial charge on any atom is -0.332 e. The van der Waals surface area contributed by atoms with Gasteiger partial charge in [0.2, 0.25) is 0 Å². The zero-order chi connectivity index (χ0) is 13.9. The molecule has 0 bridgehead atoms. The molecule has 0 aliphatic carbocycles. The topological polar surface area (TPSA) is 47.1 Å². The van der Waals surface area contributed by atoms with Crippen molar-refractivity contribution in [3.8, 4) is 0 Å². The van der Waals surface area contributed by atoms with Gasteiger partial charge >= 0.3 is 0 Å². The van der Waals surface area contributed by atoms with Gasteiger partial charge in [-0.05, 0) is 41.5 Å². The smallest absolute Gasteiger partial charge is 0.0949 e. The van der Waals surface area contributed by atoms with Gasteiger partial charge in [0, 0.05) is 31.4 Å². The molecule has 104 valence electrons. The van der Waals surface area contributed by atoms with Crippen LogP contribution in [-0.2, 0) is 12.1 Å². The van der Waals surface area contributed by atoms with Crippen molar-refractivity contribution < 1.29 is 0 Å². The van der Waals surface area contributed by atoms with Crippen molar-refractivity contribution in [2.45, 2.75) is 65.7 Å². The summed E-state index contributed by atoms with van der Waals surface area (Å²) in [4.78, 5) is 6.70. The molecule has 1 rings (SSSR count). The highest BCUT2D eigenvalue weighted by Gasteiger charge is 2.20. The van der Waals surface area contributed by atoms with Gasteiger partial charge in [-0.2, -0.15) is 0 Å². The Labute approximate surface area is 111 Å². The minimum absolute atomic E-state index is 0.336. The monoisotopic (exact) mass is 252 g/mol. The predicted octanol–water partition coefficient (Wildman–Crippen LogP) is 2.20. The Bertz CT molecular complexity index is 352. The van der Waals surface area contributed by atoms with E-state index in [1.54, 1.807) is 0 Å². The zero-order valence-electron chi connectivity index (χ0n) is 12.6. The third-order valence-corrected chi connectivity index (χ3v) is 3.30. The third kappa shape index (κ3) is 3.82. The molecule has 4 heteroatoms. The van der Waals surface area contributed by atoms with E-state index in [1.807, 2.05) is 26.4 Å². The Morgan fingerprint density at radius 3 is 2.28 bits per heavy atom. The van der Waals surface area contributed by atoms with Gasteiger partial charge in [-0.25, -0.2) is 4.98 Å². The molecule has 0 saturated heterocycles. The molecule has 18 heavy (non-hydrogen) atoms. The molecule has 1 aromatic rings. The zero-order valence-corrected chi connectivity index (χ0v) is 12.6. The van der Waals surface area contributed by atoms with Gasteiger partial charge in [0.05, 0.1) is 17.6 Å². The summed E-state index contributed by atoms with van der Waals surface area (Å²) >= 11 is 0. The first-order valence-corrected chi connectivity index (χ1v) is 6.78. The summed E-state index contributed by atoms with van der Waals surface area (Å²) < 4.78 is 2.16. The van der Waals surface area contributed by atoms with E-state index in [4.69, 9.17) is 5.73 Å². The van der Waals surface area contributed by atoms with Crippen molar-refractivity contribution in [2.75, 3.05) is 6.54 Å². The molecule has 0 amide bonds. The molecule has 0 aromatic carbocycles. The molecule has 4 nitrogen and oxygen atoms in total. The molecule has 1 aromatic heterocycles. The summed E-state index contributed by atoms with van der Waals surface area (Å²) in [5, 5.41) is 0. The second-order valence-corrected chi connectivity index (χ2v) is 6.12. The molecule has 0 unspecified atom stereocenters. The standard InChI is InChI=1S/C14H28N4/c1-11(2)18(12(3)4)8-7-17-10-16-9-13(17)14(5,6)15/h9-12H,7-8,15H2,1-6H3. The second-order valence-electron chi connectivity index (χ2n) is 6.12. The van der Waals surface area contributed by atoms with Crippen molar-refractivity contribution in [3.63, 3.8) is 0 Å². The third-order valence-electron chi connectivity index (χ3n) is 3.30. The predicted molar refractivity (Wildman–Crippen MR) is 76.4 cm³/mol. The van der Waals surface area contributed by atoms with Crippen LogP contribution in [-0.4, -0.2) is 33.1 Å². The fourth-order valence-corrected chi connectivity index (χ4v) is 2.37. The van der Waals surface area contributed by atoms with Crippen molar-refractivity contribution in [1.82, 2.24) is 14.5 Å². The molecule has 0 spiro atoms. The minimum atomic E-state index is -0.336. The van der Waals surface area contributed by atoms with E-state index in [9.17, 15) is 0 Å². The summed E-state index contributed by atoms with van der Waals surface area (Å²) in [5.41, 5.74) is 6.91. The molecule has 0 saturated carbocycles. The van der Waals surface area contributed by atoms with Crippen LogP contribution in [0, 0.1) is 0 Å². The number of nitrogens with zero attached hydrogens (tertiary/aromatic N) is 3. The van der Waals surface area contributed by atoms with Crippen LogP contribution >= 0.6 is 0 Å². The van der Waals surface area contributed by atoms with Gasteiger partial charge in [0.1, 0.15) is 0 Å². The maximum absolute atomic E-state index is 6.15. The lowest BCUT2D eigenvalue weighted by Gasteiger charge is -2.31. The average Bonchev–Trinajstić information content (AvgIpc) is 2.64. The van der Waals surface area contributed by atoms with Crippen molar-refractivity contribution in [2.24, 2.45) is 5.73 Å². The van der Waals surface area contributed by atoms with Crippen LogP contribution in [0.5, 0.6) is 0 Å². The quantitative estimate of drug-likeness (QED) is 0.844. The fraction of sp³-hybridized carbons (Fsp3) is 0.786. The molecular formula is C14H28N4. The number of hydrogen-bond acceptors (Lipinski definition) is 3. The largest absolute Gasteiger partial charge is 0.332 e. The maximum Gasteiger partial charge on any atom is 0.0949 e. The van der Waals surface area contributed by atoms with E-state index in [0.29, 0.717) is 12.1 Å². The first-order valence-electron chi connectivity index (χ1n) is 6.78. The Morgan fingerprint density at radius 1 is 1.28 bits per heavy atom. The van der Waals surface area contributed by atoms with E-state index in [0.717, 1.165) is 18.8 Å².